The van der Waals surface area contributed by atoms with E-state index in [1.807, 2.05) is 13.8 Å². The van der Waals surface area contributed by atoms with E-state index in [2.05, 4.69) is 10.4 Å². The molecule has 2 amide bonds. The Morgan fingerprint density at radius 2 is 2.25 bits per heavy atom. The van der Waals surface area contributed by atoms with Crippen LogP contribution in [0.15, 0.2) is 12.3 Å². The number of carbonyl (C=O) groups is 1. The molecule has 6 heteroatoms. The van der Waals surface area contributed by atoms with E-state index in [1.165, 1.54) is 0 Å². The molecule has 0 saturated carbocycles. The van der Waals surface area contributed by atoms with Crippen LogP contribution >= 0.6 is 0 Å². The van der Waals surface area contributed by atoms with Gasteiger partial charge < -0.3 is 10.0 Å². The normalized spacial score (nSPS) is 19.7. The quantitative estimate of drug-likeness (QED) is 0.892. The fourth-order valence-electron chi connectivity index (χ4n) is 2.75. The molecule has 0 spiro atoms. The summed E-state index contributed by atoms with van der Waals surface area (Å²) in [6.07, 6.45) is 3.43. The van der Waals surface area contributed by atoms with Crippen molar-refractivity contribution in [3.8, 4) is 0 Å². The molecule has 1 aromatic rings. The van der Waals surface area contributed by atoms with E-state index >= 15 is 0 Å². The van der Waals surface area contributed by atoms with Gasteiger partial charge in [0.1, 0.15) is 5.82 Å². The van der Waals surface area contributed by atoms with Gasteiger partial charge in [-0.25, -0.2) is 9.48 Å². The van der Waals surface area contributed by atoms with Crippen molar-refractivity contribution in [2.45, 2.75) is 58.2 Å². The van der Waals surface area contributed by atoms with E-state index in [4.69, 9.17) is 0 Å². The van der Waals surface area contributed by atoms with Gasteiger partial charge in [0.25, 0.3) is 0 Å². The highest BCUT2D eigenvalue weighted by atomic mass is 16.3. The molecule has 2 heterocycles. The lowest BCUT2D eigenvalue weighted by molar-refractivity contribution is 0.0117. The molecule has 20 heavy (non-hydrogen) atoms. The van der Waals surface area contributed by atoms with Gasteiger partial charge in [-0.15, -0.1) is 0 Å². The highest BCUT2D eigenvalue weighted by Crippen LogP contribution is 2.27. The standard InChI is InChI=1S/C14H24N4O2/c1-10(2)18-12(7-8-15-18)16-13(19)17-9-5-6-11(17)14(3,4)20/h7-8,10-11,20H,5-6,9H2,1-4H3,(H,16,19). The van der Waals surface area contributed by atoms with E-state index < -0.39 is 5.60 Å². The Kier molecular flexibility index (Phi) is 4.04. The van der Waals surface area contributed by atoms with E-state index in [9.17, 15) is 9.90 Å². The third kappa shape index (κ3) is 2.95. The number of rotatable bonds is 3. The summed E-state index contributed by atoms with van der Waals surface area (Å²) in [5.74, 6) is 0.686. The monoisotopic (exact) mass is 280 g/mol. The van der Waals surface area contributed by atoms with Gasteiger partial charge >= 0.3 is 6.03 Å². The van der Waals surface area contributed by atoms with Crippen molar-refractivity contribution < 1.29 is 9.90 Å². The van der Waals surface area contributed by atoms with Gasteiger partial charge in [0.2, 0.25) is 0 Å². The van der Waals surface area contributed by atoms with Crippen molar-refractivity contribution in [1.29, 1.82) is 0 Å². The summed E-state index contributed by atoms with van der Waals surface area (Å²) in [5.41, 5.74) is -0.883. The largest absolute Gasteiger partial charge is 0.388 e. The molecule has 1 unspecified atom stereocenters. The van der Waals surface area contributed by atoms with Gasteiger partial charge in [-0.3, -0.25) is 5.32 Å². The fourth-order valence-corrected chi connectivity index (χ4v) is 2.75. The molecule has 6 nitrogen and oxygen atoms in total. The second kappa shape index (κ2) is 5.44. The molecular weight excluding hydrogens is 256 g/mol. The summed E-state index contributed by atoms with van der Waals surface area (Å²) < 4.78 is 1.77. The summed E-state index contributed by atoms with van der Waals surface area (Å²) >= 11 is 0. The maximum atomic E-state index is 12.4. The zero-order chi connectivity index (χ0) is 14.9. The van der Waals surface area contributed by atoms with Crippen molar-refractivity contribution >= 4 is 11.8 Å². The van der Waals surface area contributed by atoms with Crippen LogP contribution in [0.3, 0.4) is 0 Å². The third-order valence-electron chi connectivity index (χ3n) is 3.72. The Morgan fingerprint density at radius 3 is 2.85 bits per heavy atom. The number of hydrogen-bond donors (Lipinski definition) is 2. The average Bonchev–Trinajstić information content (AvgIpc) is 2.95. The van der Waals surface area contributed by atoms with Crippen LogP contribution in [-0.4, -0.2) is 44.0 Å². The van der Waals surface area contributed by atoms with E-state index in [0.717, 1.165) is 12.8 Å². The first-order chi connectivity index (χ1) is 9.30. The third-order valence-corrected chi connectivity index (χ3v) is 3.72. The summed E-state index contributed by atoms with van der Waals surface area (Å²) in [5, 5.41) is 17.3. The van der Waals surface area contributed by atoms with Crippen molar-refractivity contribution in [2.75, 3.05) is 11.9 Å². The Hall–Kier alpha value is -1.56. The molecule has 2 N–H and O–H groups in total. The van der Waals surface area contributed by atoms with Crippen LogP contribution in [0.25, 0.3) is 0 Å². The zero-order valence-electron chi connectivity index (χ0n) is 12.6. The number of hydrogen-bond acceptors (Lipinski definition) is 3. The van der Waals surface area contributed by atoms with Crippen LogP contribution < -0.4 is 5.32 Å². The Balaban J connectivity index is 2.10. The molecule has 2 rings (SSSR count). The van der Waals surface area contributed by atoms with Crippen molar-refractivity contribution in [3.63, 3.8) is 0 Å². The van der Waals surface area contributed by atoms with Crippen molar-refractivity contribution in [1.82, 2.24) is 14.7 Å². The predicted molar refractivity (Wildman–Crippen MR) is 77.7 cm³/mol. The molecule has 0 bridgehead atoms. The van der Waals surface area contributed by atoms with E-state index in [0.29, 0.717) is 12.4 Å². The maximum Gasteiger partial charge on any atom is 0.323 e. The fraction of sp³-hybridized carbons (Fsp3) is 0.714. The highest BCUT2D eigenvalue weighted by molar-refractivity contribution is 5.88. The molecule has 1 atom stereocenters. The number of likely N-dealkylation sites (tertiary alicyclic amines) is 1. The Bertz CT molecular complexity index is 476. The minimum atomic E-state index is -0.883. The molecule has 1 aliphatic rings. The van der Waals surface area contributed by atoms with Crippen LogP contribution in [-0.2, 0) is 0 Å². The minimum Gasteiger partial charge on any atom is -0.388 e. The average molecular weight is 280 g/mol. The van der Waals surface area contributed by atoms with Crippen LogP contribution in [0.5, 0.6) is 0 Å². The number of urea groups is 1. The highest BCUT2D eigenvalue weighted by Gasteiger charge is 2.38. The Morgan fingerprint density at radius 1 is 1.55 bits per heavy atom. The second-order valence-electron chi connectivity index (χ2n) is 6.19. The zero-order valence-corrected chi connectivity index (χ0v) is 12.6. The maximum absolute atomic E-state index is 12.4. The lowest BCUT2D eigenvalue weighted by atomic mass is 9.97. The van der Waals surface area contributed by atoms with Crippen molar-refractivity contribution in [2.24, 2.45) is 0 Å². The number of nitrogens with one attached hydrogen (secondary N) is 1. The molecule has 112 valence electrons. The number of anilines is 1. The molecule has 1 aromatic heterocycles. The molecule has 0 aliphatic carbocycles. The predicted octanol–water partition coefficient (Wildman–Crippen LogP) is 2.23. The van der Waals surface area contributed by atoms with Crippen LogP contribution in [0.1, 0.15) is 46.6 Å². The molecule has 1 aliphatic heterocycles. The number of aromatic nitrogens is 2. The first kappa shape index (κ1) is 14.8. The van der Waals surface area contributed by atoms with Crippen molar-refractivity contribution in [3.05, 3.63) is 12.3 Å². The first-order valence-corrected chi connectivity index (χ1v) is 7.14. The van der Waals surface area contributed by atoms with Crippen LogP contribution in [0, 0.1) is 0 Å². The van der Waals surface area contributed by atoms with E-state index in [1.54, 1.807) is 35.7 Å². The summed E-state index contributed by atoms with van der Waals surface area (Å²) in [6.45, 7) is 8.20. The van der Waals surface area contributed by atoms with Crippen LogP contribution in [0.2, 0.25) is 0 Å². The van der Waals surface area contributed by atoms with Gasteiger partial charge in [0.05, 0.1) is 17.8 Å². The van der Waals surface area contributed by atoms with Gasteiger partial charge in [0, 0.05) is 18.7 Å². The smallest absolute Gasteiger partial charge is 0.323 e. The molecule has 1 fully saturated rings. The second-order valence-corrected chi connectivity index (χ2v) is 6.19. The number of aliphatic hydroxyl groups is 1. The minimum absolute atomic E-state index is 0.141. The lowest BCUT2D eigenvalue weighted by Crippen LogP contribution is -2.49. The SMILES string of the molecule is CC(C)n1nccc1NC(=O)N1CCCC1C(C)(C)O. The molecular formula is C14H24N4O2. The Labute approximate surface area is 119 Å². The van der Waals surface area contributed by atoms with Gasteiger partial charge in [-0.2, -0.15) is 5.10 Å². The summed E-state index contributed by atoms with van der Waals surface area (Å²) in [4.78, 5) is 14.1. The molecule has 1 saturated heterocycles. The molecule has 0 radical (unpaired) electrons. The number of carbonyl (C=O) groups excluding carboxylic acids is 1. The van der Waals surface area contributed by atoms with Gasteiger partial charge in [-0.05, 0) is 40.5 Å². The van der Waals surface area contributed by atoms with Gasteiger partial charge in [0.15, 0.2) is 0 Å². The lowest BCUT2D eigenvalue weighted by Gasteiger charge is -2.33. The topological polar surface area (TPSA) is 70.4 Å². The first-order valence-electron chi connectivity index (χ1n) is 7.14. The van der Waals surface area contributed by atoms with Crippen LogP contribution in [0.4, 0.5) is 10.6 Å². The summed E-state index contributed by atoms with van der Waals surface area (Å²) in [7, 11) is 0. The van der Waals surface area contributed by atoms with E-state index in [-0.39, 0.29) is 18.1 Å². The summed E-state index contributed by atoms with van der Waals surface area (Å²) in [6, 6.07) is 1.66. The number of nitrogens with zero attached hydrogens (tertiary/aromatic N) is 3. The van der Waals surface area contributed by atoms with Gasteiger partial charge in [-0.1, -0.05) is 0 Å². The molecule has 0 aromatic carbocycles. The number of amides is 2.